The number of fused-ring (bicyclic) bond motifs is 1. The van der Waals surface area contributed by atoms with Crippen molar-refractivity contribution in [2.24, 2.45) is 0 Å². The third-order valence-corrected chi connectivity index (χ3v) is 4.23. The minimum Gasteiger partial charge on any atom is -0.496 e. The van der Waals surface area contributed by atoms with Crippen LogP contribution in [0.25, 0.3) is 10.8 Å². The summed E-state index contributed by atoms with van der Waals surface area (Å²) in [5.74, 6) is 0.622. The first-order valence-corrected chi connectivity index (χ1v) is 8.15. The summed E-state index contributed by atoms with van der Waals surface area (Å²) < 4.78 is 10.9. The van der Waals surface area contributed by atoms with Crippen LogP contribution in [0.3, 0.4) is 0 Å². The van der Waals surface area contributed by atoms with Gasteiger partial charge in [-0.1, -0.05) is 48.5 Å². The van der Waals surface area contributed by atoms with Gasteiger partial charge in [0.15, 0.2) is 0 Å². The number of rotatable bonds is 6. The lowest BCUT2D eigenvalue weighted by Crippen LogP contribution is -2.29. The molecule has 3 rings (SSSR count). The monoisotopic (exact) mass is 335 g/mol. The Morgan fingerprint density at radius 1 is 0.960 bits per heavy atom. The van der Waals surface area contributed by atoms with Crippen LogP contribution in [0.4, 0.5) is 0 Å². The second-order valence-corrected chi connectivity index (χ2v) is 5.74. The predicted octanol–water partition coefficient (Wildman–Crippen LogP) is 3.97. The van der Waals surface area contributed by atoms with Gasteiger partial charge in [0, 0.05) is 24.8 Å². The van der Waals surface area contributed by atoms with E-state index < -0.39 is 0 Å². The largest absolute Gasteiger partial charge is 0.496 e. The number of hydrogen-bond acceptors (Lipinski definition) is 3. The highest BCUT2D eigenvalue weighted by atomic mass is 16.5. The molecule has 0 saturated heterocycles. The van der Waals surface area contributed by atoms with Gasteiger partial charge in [-0.3, -0.25) is 4.79 Å². The van der Waals surface area contributed by atoms with Crippen LogP contribution in [0.15, 0.2) is 66.7 Å². The summed E-state index contributed by atoms with van der Waals surface area (Å²) in [7, 11) is 3.25. The van der Waals surface area contributed by atoms with Gasteiger partial charge in [0.05, 0.1) is 7.11 Å². The molecule has 0 aliphatic rings. The molecule has 1 unspecified atom stereocenters. The van der Waals surface area contributed by atoms with E-state index in [0.29, 0.717) is 12.1 Å². The fourth-order valence-electron chi connectivity index (χ4n) is 2.87. The Hall–Kier alpha value is -2.85. The molecule has 0 saturated carbocycles. The molecule has 1 atom stereocenters. The summed E-state index contributed by atoms with van der Waals surface area (Å²) in [5.41, 5.74) is 1.54. The van der Waals surface area contributed by atoms with Gasteiger partial charge in [-0.2, -0.15) is 0 Å². The van der Waals surface area contributed by atoms with Crippen LogP contribution >= 0.6 is 0 Å². The number of para-hydroxylation sites is 1. The molecule has 3 aromatic rings. The quantitative estimate of drug-likeness (QED) is 0.741. The molecule has 0 aliphatic heterocycles. The van der Waals surface area contributed by atoms with Gasteiger partial charge in [-0.25, -0.2) is 0 Å². The van der Waals surface area contributed by atoms with Crippen LogP contribution in [-0.2, 0) is 4.74 Å². The van der Waals surface area contributed by atoms with Crippen molar-refractivity contribution in [1.82, 2.24) is 5.32 Å². The normalized spacial score (nSPS) is 11.9. The first-order valence-electron chi connectivity index (χ1n) is 8.15. The zero-order valence-corrected chi connectivity index (χ0v) is 14.4. The van der Waals surface area contributed by atoms with Crippen LogP contribution in [0.2, 0.25) is 0 Å². The zero-order chi connectivity index (χ0) is 17.6. The van der Waals surface area contributed by atoms with Crippen LogP contribution in [-0.4, -0.2) is 26.7 Å². The van der Waals surface area contributed by atoms with Crippen molar-refractivity contribution < 1.29 is 14.3 Å². The minimum atomic E-state index is -0.277. The van der Waals surface area contributed by atoms with Crippen molar-refractivity contribution >= 4 is 16.7 Å². The SMILES string of the molecule is COc1ccccc1C(CNC(=O)c1ccc2ccccc2c1)OC. The highest BCUT2D eigenvalue weighted by Gasteiger charge is 2.17. The van der Waals surface area contributed by atoms with Gasteiger partial charge < -0.3 is 14.8 Å². The highest BCUT2D eigenvalue weighted by molar-refractivity contribution is 5.98. The fraction of sp³-hybridized carbons (Fsp3) is 0.190. The van der Waals surface area contributed by atoms with Crippen molar-refractivity contribution in [3.8, 4) is 5.75 Å². The number of hydrogen-bond donors (Lipinski definition) is 1. The Morgan fingerprint density at radius 3 is 2.44 bits per heavy atom. The lowest BCUT2D eigenvalue weighted by Gasteiger charge is -2.19. The van der Waals surface area contributed by atoms with Crippen molar-refractivity contribution in [2.45, 2.75) is 6.10 Å². The van der Waals surface area contributed by atoms with Gasteiger partial charge in [0.1, 0.15) is 11.9 Å². The molecule has 0 aromatic heterocycles. The molecule has 25 heavy (non-hydrogen) atoms. The molecule has 128 valence electrons. The Bertz CT molecular complexity index is 876. The molecule has 3 aromatic carbocycles. The summed E-state index contributed by atoms with van der Waals surface area (Å²) in [6, 6.07) is 21.3. The summed E-state index contributed by atoms with van der Waals surface area (Å²) in [4.78, 5) is 12.5. The van der Waals surface area contributed by atoms with Crippen molar-refractivity contribution in [3.05, 3.63) is 77.9 Å². The van der Waals surface area contributed by atoms with Crippen molar-refractivity contribution in [3.63, 3.8) is 0 Å². The van der Waals surface area contributed by atoms with E-state index in [1.165, 1.54) is 0 Å². The van der Waals surface area contributed by atoms with E-state index in [2.05, 4.69) is 5.32 Å². The number of methoxy groups -OCH3 is 2. The maximum Gasteiger partial charge on any atom is 0.251 e. The molecule has 0 spiro atoms. The number of benzene rings is 3. The fourth-order valence-corrected chi connectivity index (χ4v) is 2.87. The van der Waals surface area contributed by atoms with Crippen LogP contribution in [0.5, 0.6) is 5.75 Å². The van der Waals surface area contributed by atoms with Gasteiger partial charge in [0.25, 0.3) is 5.91 Å². The Kier molecular flexibility index (Phi) is 5.31. The number of carbonyl (C=O) groups is 1. The van der Waals surface area contributed by atoms with E-state index in [1.807, 2.05) is 66.7 Å². The summed E-state index contributed by atoms with van der Waals surface area (Å²) in [5, 5.41) is 5.10. The van der Waals surface area contributed by atoms with Crippen LogP contribution < -0.4 is 10.1 Å². The molecular weight excluding hydrogens is 314 g/mol. The van der Waals surface area contributed by atoms with Gasteiger partial charge in [-0.05, 0) is 29.0 Å². The average Bonchev–Trinajstić information content (AvgIpc) is 2.68. The predicted molar refractivity (Wildman–Crippen MR) is 99.0 cm³/mol. The number of amides is 1. The maximum absolute atomic E-state index is 12.5. The van der Waals surface area contributed by atoms with Crippen molar-refractivity contribution in [1.29, 1.82) is 0 Å². The standard InChI is InChI=1S/C21H21NO3/c1-24-19-10-6-5-9-18(19)20(25-2)14-22-21(23)17-12-11-15-7-3-4-8-16(15)13-17/h3-13,20H,14H2,1-2H3,(H,22,23). The third kappa shape index (κ3) is 3.80. The molecule has 0 fully saturated rings. The Morgan fingerprint density at radius 2 is 1.68 bits per heavy atom. The summed E-state index contributed by atoms with van der Waals surface area (Å²) in [6.45, 7) is 0.364. The van der Waals surface area contributed by atoms with Crippen LogP contribution in [0, 0.1) is 0 Å². The van der Waals surface area contributed by atoms with E-state index in [9.17, 15) is 4.79 Å². The molecular formula is C21H21NO3. The summed E-state index contributed by atoms with van der Waals surface area (Å²) >= 11 is 0. The lowest BCUT2D eigenvalue weighted by atomic mass is 10.1. The number of carbonyl (C=O) groups excluding carboxylic acids is 1. The van der Waals surface area contributed by atoms with Gasteiger partial charge in [0.2, 0.25) is 0 Å². The molecule has 1 N–H and O–H groups in total. The van der Waals surface area contributed by atoms with Gasteiger partial charge >= 0.3 is 0 Å². The van der Waals surface area contributed by atoms with E-state index in [-0.39, 0.29) is 12.0 Å². The first kappa shape index (κ1) is 17.0. The smallest absolute Gasteiger partial charge is 0.251 e. The van der Waals surface area contributed by atoms with E-state index in [1.54, 1.807) is 14.2 Å². The third-order valence-electron chi connectivity index (χ3n) is 4.23. The van der Waals surface area contributed by atoms with E-state index in [0.717, 1.165) is 22.1 Å². The number of nitrogens with one attached hydrogen (secondary N) is 1. The second-order valence-electron chi connectivity index (χ2n) is 5.74. The average molecular weight is 335 g/mol. The molecule has 4 nitrogen and oxygen atoms in total. The second kappa shape index (κ2) is 7.81. The molecule has 1 amide bonds. The first-order chi connectivity index (χ1) is 12.2. The molecule has 4 heteroatoms. The molecule has 0 heterocycles. The van der Waals surface area contributed by atoms with Crippen LogP contribution in [0.1, 0.15) is 22.0 Å². The zero-order valence-electron chi connectivity index (χ0n) is 14.4. The number of ether oxygens (including phenoxy) is 2. The van der Waals surface area contributed by atoms with E-state index >= 15 is 0 Å². The topological polar surface area (TPSA) is 47.6 Å². The molecule has 0 bridgehead atoms. The van der Waals surface area contributed by atoms with E-state index in [4.69, 9.17) is 9.47 Å². The maximum atomic E-state index is 12.5. The molecule has 0 aliphatic carbocycles. The minimum absolute atomic E-state index is 0.122. The molecule has 0 radical (unpaired) electrons. The van der Waals surface area contributed by atoms with Crippen molar-refractivity contribution in [2.75, 3.05) is 20.8 Å². The summed E-state index contributed by atoms with van der Waals surface area (Å²) in [6.07, 6.45) is -0.277. The van der Waals surface area contributed by atoms with Gasteiger partial charge in [-0.15, -0.1) is 0 Å². The highest BCUT2D eigenvalue weighted by Crippen LogP contribution is 2.26. The lowest BCUT2D eigenvalue weighted by molar-refractivity contribution is 0.0819. The Balaban J connectivity index is 1.73. The Labute approximate surface area is 147 Å².